The zero-order valence-electron chi connectivity index (χ0n) is 17.0. The van der Waals surface area contributed by atoms with Gasteiger partial charge in [0.2, 0.25) is 5.95 Å². The van der Waals surface area contributed by atoms with Gasteiger partial charge in [-0.2, -0.15) is 21.8 Å². The van der Waals surface area contributed by atoms with E-state index in [1.54, 1.807) is 0 Å². The Labute approximate surface area is 179 Å². The maximum absolute atomic E-state index is 13.2. The minimum Gasteiger partial charge on any atom is -0.394 e. The number of rotatable bonds is 9. The molecular formula is C16H26FN5O7S2. The minimum absolute atomic E-state index is 0.0354. The summed E-state index contributed by atoms with van der Waals surface area (Å²) in [6.45, 7) is 3.93. The highest BCUT2D eigenvalue weighted by atomic mass is 32.2. The molecular weight excluding hydrogens is 457 g/mol. The molecule has 0 amide bonds. The molecule has 31 heavy (non-hydrogen) atoms. The van der Waals surface area contributed by atoms with Crippen molar-refractivity contribution >= 4 is 43.0 Å². The van der Waals surface area contributed by atoms with E-state index in [-0.39, 0.29) is 12.6 Å². The number of aromatic nitrogens is 3. The zero-order chi connectivity index (χ0) is 23.9. The Kier molecular flexibility index (Phi) is 9.44. The predicted octanol–water partition coefficient (Wildman–Crippen LogP) is 0.861. The van der Waals surface area contributed by atoms with E-state index < -0.39 is 43.1 Å². The van der Waals surface area contributed by atoms with Crippen LogP contribution in [-0.2, 0) is 20.2 Å². The number of unbranched alkanes of at least 4 members (excludes halogenated alkanes) is 1. The van der Waals surface area contributed by atoms with Gasteiger partial charge >= 0.3 is 0 Å². The molecule has 0 saturated heterocycles. The van der Waals surface area contributed by atoms with Gasteiger partial charge in [0.05, 0.1) is 35.4 Å². The second kappa shape index (κ2) is 10.9. The third-order valence-electron chi connectivity index (χ3n) is 3.97. The summed E-state index contributed by atoms with van der Waals surface area (Å²) in [7, 11) is -8.59. The van der Waals surface area contributed by atoms with Crippen molar-refractivity contribution < 1.29 is 35.4 Å². The van der Waals surface area contributed by atoms with E-state index >= 15 is 0 Å². The number of aliphatic hydroxyl groups is 1. The number of halogens is 1. The molecule has 12 nitrogen and oxygen atoms in total. The Morgan fingerprint density at radius 3 is 2.23 bits per heavy atom. The molecule has 6 N–H and O–H groups in total. The van der Waals surface area contributed by atoms with Gasteiger partial charge in [-0.1, -0.05) is 19.8 Å². The first kappa shape index (κ1) is 26.8. The van der Waals surface area contributed by atoms with Crippen LogP contribution in [-0.4, -0.2) is 69.7 Å². The van der Waals surface area contributed by atoms with Crippen LogP contribution in [0.4, 0.5) is 16.2 Å². The fourth-order valence-corrected chi connectivity index (χ4v) is 4.03. The summed E-state index contributed by atoms with van der Waals surface area (Å²) in [5.41, 5.74) is 5.88. The van der Waals surface area contributed by atoms with Crippen LogP contribution in [0.3, 0.4) is 0 Å². The lowest BCUT2D eigenvalue weighted by Gasteiger charge is -2.29. The summed E-state index contributed by atoms with van der Waals surface area (Å²) in [6.07, 6.45) is 3.86. The van der Waals surface area contributed by atoms with Crippen molar-refractivity contribution in [3.63, 3.8) is 0 Å². The summed E-state index contributed by atoms with van der Waals surface area (Å²) in [5.74, 6) is -2.00. The summed E-state index contributed by atoms with van der Waals surface area (Å²) in [4.78, 5) is 12.1. The van der Waals surface area contributed by atoms with Crippen molar-refractivity contribution in [2.45, 2.75) is 38.6 Å². The number of hydrogen-bond donors (Lipinski definition) is 5. The quantitative estimate of drug-likeness (QED) is 0.315. The van der Waals surface area contributed by atoms with Crippen LogP contribution in [0.15, 0.2) is 12.3 Å². The van der Waals surface area contributed by atoms with E-state index in [2.05, 4.69) is 27.2 Å². The second-order valence-corrected chi connectivity index (χ2v) is 10.1. The van der Waals surface area contributed by atoms with E-state index in [1.807, 2.05) is 6.92 Å². The molecule has 2 aromatic heterocycles. The molecule has 0 radical (unpaired) electrons. The molecule has 0 aromatic carbocycles. The first-order chi connectivity index (χ1) is 14.2. The third-order valence-corrected chi connectivity index (χ3v) is 5.67. The highest BCUT2D eigenvalue weighted by molar-refractivity contribution is 7.89. The predicted molar refractivity (Wildman–Crippen MR) is 113 cm³/mol. The summed E-state index contributed by atoms with van der Waals surface area (Å²) >= 11 is 0. The van der Waals surface area contributed by atoms with Crippen molar-refractivity contribution in [3.8, 4) is 0 Å². The molecule has 2 heterocycles. The topological polar surface area (TPSA) is 206 Å². The van der Waals surface area contributed by atoms with E-state index in [0.717, 1.165) is 25.5 Å². The zero-order valence-corrected chi connectivity index (χ0v) is 18.6. The van der Waals surface area contributed by atoms with Crippen molar-refractivity contribution in [2.24, 2.45) is 0 Å². The van der Waals surface area contributed by atoms with Crippen molar-refractivity contribution in [1.29, 1.82) is 0 Å². The largest absolute Gasteiger partial charge is 0.394 e. The molecule has 176 valence electrons. The maximum atomic E-state index is 13.2. The average Bonchev–Trinajstić information content (AvgIpc) is 2.64. The lowest BCUT2D eigenvalue weighted by atomic mass is 9.96. The van der Waals surface area contributed by atoms with Crippen LogP contribution in [0.25, 0.3) is 11.0 Å². The third kappa shape index (κ3) is 10.1. The fourth-order valence-electron chi connectivity index (χ4n) is 2.34. The molecule has 0 aliphatic heterocycles. The summed E-state index contributed by atoms with van der Waals surface area (Å²) < 4.78 is 68.6. The molecule has 0 aliphatic rings. The van der Waals surface area contributed by atoms with Crippen LogP contribution in [0.2, 0.25) is 0 Å². The summed E-state index contributed by atoms with van der Waals surface area (Å²) in [5, 5.41) is 12.8. The first-order valence-corrected chi connectivity index (χ1v) is 12.3. The molecule has 2 aromatic rings. The normalized spacial score (nSPS) is 13.9. The molecule has 0 aliphatic carbocycles. The van der Waals surface area contributed by atoms with Gasteiger partial charge in [-0.05, 0) is 13.3 Å². The fraction of sp³-hybridized carbons (Fsp3) is 0.562. The van der Waals surface area contributed by atoms with Gasteiger partial charge in [0, 0.05) is 6.07 Å². The van der Waals surface area contributed by atoms with E-state index in [0.29, 0.717) is 16.9 Å². The Morgan fingerprint density at radius 2 is 1.74 bits per heavy atom. The number of nitrogens with zero attached hydrogens (tertiary/aromatic N) is 3. The van der Waals surface area contributed by atoms with Crippen LogP contribution in [0.5, 0.6) is 0 Å². The van der Waals surface area contributed by atoms with Crippen molar-refractivity contribution in [2.75, 3.05) is 29.2 Å². The maximum Gasteiger partial charge on any atom is 0.265 e. The number of fused-ring (bicyclic) bond motifs is 1. The first-order valence-electron chi connectivity index (χ1n) is 9.06. The van der Waals surface area contributed by atoms with Crippen molar-refractivity contribution in [3.05, 3.63) is 18.1 Å². The van der Waals surface area contributed by atoms with Crippen LogP contribution >= 0.6 is 0 Å². The monoisotopic (exact) mass is 483 g/mol. The number of aliphatic hydroxyl groups excluding tert-OH is 1. The standard InChI is InChI=1S/C14H20FN5O.C2H6O6S2/c1-3-4-5-14(2,8-21)20-12-11-10(18-13(16)19-12)6-9(15)7-17-11;3-9(4,5)1-2-10(6,7)8/h6-7,21H,3-5,8H2,1-2H3,(H3,16,18,19,20);1-2H2,(H,3,4,5)(H,6,7,8)/t14-;/m0./s1. The number of hydrogen-bond acceptors (Lipinski definition) is 10. The van der Waals surface area contributed by atoms with Gasteiger partial charge in [0.15, 0.2) is 5.82 Å². The smallest absolute Gasteiger partial charge is 0.265 e. The van der Waals surface area contributed by atoms with Gasteiger partial charge in [-0.3, -0.25) is 9.11 Å². The van der Waals surface area contributed by atoms with E-state index in [9.17, 15) is 26.3 Å². The van der Waals surface area contributed by atoms with Crippen molar-refractivity contribution in [1.82, 2.24) is 15.0 Å². The average molecular weight is 484 g/mol. The molecule has 0 bridgehead atoms. The highest BCUT2D eigenvalue weighted by Crippen LogP contribution is 2.25. The van der Waals surface area contributed by atoms with Gasteiger partial charge in [-0.15, -0.1) is 0 Å². The lowest BCUT2D eigenvalue weighted by Crippen LogP contribution is -2.39. The molecule has 2 rings (SSSR count). The number of anilines is 2. The van der Waals surface area contributed by atoms with Gasteiger partial charge < -0.3 is 16.2 Å². The molecule has 15 heteroatoms. The Bertz CT molecular complexity index is 1060. The van der Waals surface area contributed by atoms with Crippen LogP contribution in [0, 0.1) is 5.82 Å². The van der Waals surface area contributed by atoms with E-state index in [4.69, 9.17) is 14.8 Å². The number of nitrogens with two attached hydrogens (primary N) is 1. The number of pyridine rings is 1. The Hall–Kier alpha value is -2.20. The summed E-state index contributed by atoms with van der Waals surface area (Å²) in [6, 6.07) is 1.26. The van der Waals surface area contributed by atoms with Crippen LogP contribution < -0.4 is 11.1 Å². The van der Waals surface area contributed by atoms with Gasteiger partial charge in [0.25, 0.3) is 20.2 Å². The van der Waals surface area contributed by atoms with Gasteiger partial charge in [0.1, 0.15) is 11.3 Å². The number of nitrogen functional groups attached to an aromatic ring is 1. The molecule has 0 spiro atoms. The lowest BCUT2D eigenvalue weighted by molar-refractivity contribution is 0.212. The molecule has 0 unspecified atom stereocenters. The molecule has 0 fully saturated rings. The SMILES string of the molecule is CCCC[C@@](C)(CO)Nc1nc(N)nc2cc(F)cnc12.O=S(=O)(O)CCS(=O)(=O)O. The van der Waals surface area contributed by atoms with Crippen LogP contribution in [0.1, 0.15) is 33.1 Å². The minimum atomic E-state index is -4.30. The molecule has 1 atom stereocenters. The number of nitrogens with one attached hydrogen (secondary N) is 1. The second-order valence-electron chi connectivity index (χ2n) is 6.97. The van der Waals surface area contributed by atoms with Gasteiger partial charge in [-0.25, -0.2) is 14.4 Å². The Morgan fingerprint density at radius 1 is 1.16 bits per heavy atom. The molecule has 0 saturated carbocycles. The van der Waals surface area contributed by atoms with E-state index in [1.165, 1.54) is 6.07 Å². The highest BCUT2D eigenvalue weighted by Gasteiger charge is 2.24. The Balaban J connectivity index is 0.000000407.